The van der Waals surface area contributed by atoms with Crippen LogP contribution in [0.1, 0.15) is 24.1 Å². The molecule has 0 spiro atoms. The van der Waals surface area contributed by atoms with E-state index in [1.807, 2.05) is 27.8 Å². The SMILES string of the molecule is O=C(Cc1csc(-c2cccs2)n1)NC1CCN(c2ccc(C(F)(F)F)cn2)CC1. The van der Waals surface area contributed by atoms with Gasteiger partial charge < -0.3 is 10.2 Å². The molecule has 1 aliphatic rings. The van der Waals surface area contributed by atoms with Gasteiger partial charge in [-0.25, -0.2) is 9.97 Å². The normalized spacial score (nSPS) is 15.4. The lowest BCUT2D eigenvalue weighted by Crippen LogP contribution is -2.45. The van der Waals surface area contributed by atoms with Crippen molar-refractivity contribution in [2.45, 2.75) is 31.5 Å². The maximum absolute atomic E-state index is 12.7. The minimum absolute atomic E-state index is 0.0404. The Morgan fingerprint density at radius 1 is 1.20 bits per heavy atom. The number of anilines is 1. The number of thiazole rings is 1. The van der Waals surface area contributed by atoms with Gasteiger partial charge >= 0.3 is 6.18 Å². The first-order chi connectivity index (χ1) is 14.4. The number of pyridine rings is 1. The van der Waals surface area contributed by atoms with Crippen molar-refractivity contribution in [3.8, 4) is 9.88 Å². The van der Waals surface area contributed by atoms with E-state index >= 15 is 0 Å². The average Bonchev–Trinajstić information content (AvgIpc) is 3.40. The molecule has 1 saturated heterocycles. The standard InChI is InChI=1S/C20H19F3N4OS2/c21-20(22,23)13-3-4-17(24-11-13)27-7-5-14(6-8-27)25-18(28)10-15-12-30-19(26-15)16-2-1-9-29-16/h1-4,9,11-12,14H,5-8,10H2,(H,25,28). The van der Waals surface area contributed by atoms with Crippen LogP contribution in [0.25, 0.3) is 9.88 Å². The Bertz CT molecular complexity index is 978. The third-order valence-corrected chi connectivity index (χ3v) is 6.81. The number of carbonyl (C=O) groups is 1. The van der Waals surface area contributed by atoms with Gasteiger partial charge in [-0.05, 0) is 36.4 Å². The molecule has 5 nitrogen and oxygen atoms in total. The first-order valence-corrected chi connectivity index (χ1v) is 11.2. The zero-order valence-electron chi connectivity index (χ0n) is 15.9. The highest BCUT2D eigenvalue weighted by molar-refractivity contribution is 7.20. The Labute approximate surface area is 179 Å². The van der Waals surface area contributed by atoms with Crippen molar-refractivity contribution >= 4 is 34.4 Å². The smallest absolute Gasteiger partial charge is 0.356 e. The molecule has 1 fully saturated rings. The summed E-state index contributed by atoms with van der Waals surface area (Å²) in [7, 11) is 0. The maximum Gasteiger partial charge on any atom is 0.417 e. The molecule has 3 aromatic heterocycles. The van der Waals surface area contributed by atoms with E-state index in [9.17, 15) is 18.0 Å². The largest absolute Gasteiger partial charge is 0.417 e. The molecular formula is C20H19F3N4OS2. The first kappa shape index (κ1) is 20.8. The lowest BCUT2D eigenvalue weighted by Gasteiger charge is -2.33. The molecule has 3 aromatic rings. The lowest BCUT2D eigenvalue weighted by molar-refractivity contribution is -0.137. The van der Waals surface area contributed by atoms with Gasteiger partial charge in [-0.2, -0.15) is 13.2 Å². The van der Waals surface area contributed by atoms with E-state index in [4.69, 9.17) is 0 Å². The number of amides is 1. The minimum atomic E-state index is -4.38. The minimum Gasteiger partial charge on any atom is -0.356 e. The number of hydrogen-bond acceptors (Lipinski definition) is 6. The monoisotopic (exact) mass is 452 g/mol. The zero-order valence-corrected chi connectivity index (χ0v) is 17.5. The summed E-state index contributed by atoms with van der Waals surface area (Å²) in [6.45, 7) is 1.26. The Morgan fingerprint density at radius 3 is 2.63 bits per heavy atom. The number of carbonyl (C=O) groups excluding carboxylic acids is 1. The number of halogens is 3. The van der Waals surface area contributed by atoms with E-state index in [-0.39, 0.29) is 18.4 Å². The molecule has 4 heterocycles. The highest BCUT2D eigenvalue weighted by Gasteiger charge is 2.31. The van der Waals surface area contributed by atoms with Crippen molar-refractivity contribution in [1.29, 1.82) is 0 Å². The van der Waals surface area contributed by atoms with Gasteiger partial charge in [0.25, 0.3) is 0 Å². The second kappa shape index (κ2) is 8.73. The summed E-state index contributed by atoms with van der Waals surface area (Å²) >= 11 is 3.15. The van der Waals surface area contributed by atoms with E-state index in [0.717, 1.165) is 27.8 Å². The molecule has 0 saturated carbocycles. The molecule has 10 heteroatoms. The van der Waals surface area contributed by atoms with Crippen LogP contribution in [-0.4, -0.2) is 35.0 Å². The van der Waals surface area contributed by atoms with Crippen LogP contribution in [0.3, 0.4) is 0 Å². The second-order valence-corrected chi connectivity index (χ2v) is 8.84. The summed E-state index contributed by atoms with van der Waals surface area (Å²) in [4.78, 5) is 23.9. The van der Waals surface area contributed by atoms with Crippen LogP contribution in [0.4, 0.5) is 19.0 Å². The van der Waals surface area contributed by atoms with Crippen LogP contribution in [0.2, 0.25) is 0 Å². The van der Waals surface area contributed by atoms with Gasteiger partial charge in [-0.3, -0.25) is 4.79 Å². The van der Waals surface area contributed by atoms with Gasteiger partial charge in [0.05, 0.1) is 22.6 Å². The average molecular weight is 453 g/mol. The van der Waals surface area contributed by atoms with Crippen molar-refractivity contribution in [3.05, 3.63) is 52.5 Å². The maximum atomic E-state index is 12.7. The highest BCUT2D eigenvalue weighted by Crippen LogP contribution is 2.30. The summed E-state index contributed by atoms with van der Waals surface area (Å²) in [5, 5.41) is 7.87. The van der Waals surface area contributed by atoms with E-state index < -0.39 is 11.7 Å². The van der Waals surface area contributed by atoms with Crippen LogP contribution in [-0.2, 0) is 17.4 Å². The predicted molar refractivity (Wildman–Crippen MR) is 112 cm³/mol. The molecular weight excluding hydrogens is 433 g/mol. The number of alkyl halides is 3. The second-order valence-electron chi connectivity index (χ2n) is 7.03. The van der Waals surface area contributed by atoms with Crippen LogP contribution in [0.5, 0.6) is 0 Å². The third-order valence-electron chi connectivity index (χ3n) is 4.88. The number of piperidine rings is 1. The van der Waals surface area contributed by atoms with E-state index in [1.54, 1.807) is 11.3 Å². The lowest BCUT2D eigenvalue weighted by atomic mass is 10.0. The van der Waals surface area contributed by atoms with Crippen LogP contribution in [0.15, 0.2) is 41.2 Å². The van der Waals surface area contributed by atoms with Crippen LogP contribution < -0.4 is 10.2 Å². The Kier molecular flexibility index (Phi) is 6.05. The molecule has 1 aliphatic heterocycles. The first-order valence-electron chi connectivity index (χ1n) is 9.44. The predicted octanol–water partition coefficient (Wildman–Crippen LogP) is 4.61. The zero-order chi connectivity index (χ0) is 21.1. The van der Waals surface area contributed by atoms with Crippen LogP contribution >= 0.6 is 22.7 Å². The molecule has 0 bridgehead atoms. The topological polar surface area (TPSA) is 58.1 Å². The molecule has 1 N–H and O–H groups in total. The van der Waals surface area contributed by atoms with Crippen molar-refractivity contribution in [2.75, 3.05) is 18.0 Å². The number of rotatable bonds is 5. The summed E-state index contributed by atoms with van der Waals surface area (Å²) in [5.41, 5.74) is 0.00460. The van der Waals surface area contributed by atoms with Crippen molar-refractivity contribution in [2.24, 2.45) is 0 Å². The molecule has 4 rings (SSSR count). The summed E-state index contributed by atoms with van der Waals surface area (Å²) in [5.74, 6) is 0.459. The van der Waals surface area contributed by atoms with Crippen molar-refractivity contribution in [1.82, 2.24) is 15.3 Å². The van der Waals surface area contributed by atoms with Gasteiger partial charge in [0.2, 0.25) is 5.91 Å². The molecule has 1 amide bonds. The molecule has 30 heavy (non-hydrogen) atoms. The van der Waals surface area contributed by atoms with Gasteiger partial charge in [-0.1, -0.05) is 6.07 Å². The van der Waals surface area contributed by atoms with E-state index in [1.165, 1.54) is 17.4 Å². The van der Waals surface area contributed by atoms with Gasteiger partial charge in [0.15, 0.2) is 0 Å². The fourth-order valence-corrected chi connectivity index (χ4v) is 4.97. The number of hydrogen-bond donors (Lipinski definition) is 1. The third kappa shape index (κ3) is 4.99. The number of nitrogens with one attached hydrogen (secondary N) is 1. The Morgan fingerprint density at radius 2 is 2.00 bits per heavy atom. The fraction of sp³-hybridized carbons (Fsp3) is 0.350. The Balaban J connectivity index is 1.26. The highest BCUT2D eigenvalue weighted by atomic mass is 32.1. The van der Waals surface area contributed by atoms with E-state index in [0.29, 0.717) is 31.7 Å². The molecule has 0 unspecified atom stereocenters. The number of nitrogens with zero attached hydrogens (tertiary/aromatic N) is 3. The van der Waals surface area contributed by atoms with Gasteiger partial charge in [0.1, 0.15) is 10.8 Å². The quantitative estimate of drug-likeness (QED) is 0.614. The van der Waals surface area contributed by atoms with Crippen molar-refractivity contribution in [3.63, 3.8) is 0 Å². The summed E-state index contributed by atoms with van der Waals surface area (Å²) in [6.07, 6.45) is -1.85. The molecule has 0 aliphatic carbocycles. The summed E-state index contributed by atoms with van der Waals surface area (Å²) in [6, 6.07) is 6.47. The van der Waals surface area contributed by atoms with Gasteiger partial charge in [0, 0.05) is 30.7 Å². The Hall–Kier alpha value is -2.46. The number of aromatic nitrogens is 2. The molecule has 0 radical (unpaired) electrons. The van der Waals surface area contributed by atoms with E-state index in [2.05, 4.69) is 15.3 Å². The molecule has 158 valence electrons. The molecule has 0 aromatic carbocycles. The summed E-state index contributed by atoms with van der Waals surface area (Å²) < 4.78 is 38.0. The van der Waals surface area contributed by atoms with Crippen LogP contribution in [0, 0.1) is 0 Å². The number of thiophene rings is 1. The van der Waals surface area contributed by atoms with Gasteiger partial charge in [-0.15, -0.1) is 22.7 Å². The van der Waals surface area contributed by atoms with Crippen molar-refractivity contribution < 1.29 is 18.0 Å². The molecule has 0 atom stereocenters. The fourth-order valence-electron chi connectivity index (χ4n) is 3.34.